The topological polar surface area (TPSA) is 89.9 Å². The summed E-state index contributed by atoms with van der Waals surface area (Å²) in [6, 6.07) is 7.19. The number of hydrogen-bond acceptors (Lipinski definition) is 6. The zero-order valence-corrected chi connectivity index (χ0v) is 10.8. The normalized spacial score (nSPS) is 14.8. The van der Waals surface area contributed by atoms with Gasteiger partial charge in [0.15, 0.2) is 0 Å². The predicted octanol–water partition coefficient (Wildman–Crippen LogP) is 0.664. The van der Waals surface area contributed by atoms with Gasteiger partial charge in [0.2, 0.25) is 0 Å². The van der Waals surface area contributed by atoms with Crippen molar-refractivity contribution in [2.75, 3.05) is 6.61 Å². The van der Waals surface area contributed by atoms with Crippen molar-refractivity contribution in [2.45, 2.75) is 24.5 Å². The molecule has 0 radical (unpaired) electrons. The Labute approximate surface area is 105 Å². The van der Waals surface area contributed by atoms with E-state index in [9.17, 15) is 18.3 Å². The summed E-state index contributed by atoms with van der Waals surface area (Å²) >= 11 is 0. The fraction of sp³-hybridized carbons (Fsp3) is 0.364. The van der Waals surface area contributed by atoms with E-state index in [2.05, 4.69) is 8.92 Å². The second-order valence-electron chi connectivity index (χ2n) is 3.55. The largest absolute Gasteiger partial charge is 0.462 e. The summed E-state index contributed by atoms with van der Waals surface area (Å²) in [7, 11) is -4.23. The van der Waals surface area contributed by atoms with Gasteiger partial charge in [0.25, 0.3) is 15.9 Å². The summed E-state index contributed by atoms with van der Waals surface area (Å²) in [5, 5.41) is 9.64. The maximum Gasteiger partial charge on any atom is 0.367 e. The molecule has 0 heterocycles. The second-order valence-corrected chi connectivity index (χ2v) is 5.10. The minimum Gasteiger partial charge on any atom is -0.462 e. The lowest BCUT2D eigenvalue weighted by molar-refractivity contribution is -0.193. The molecule has 1 rings (SSSR count). The maximum absolute atomic E-state index is 11.8. The van der Waals surface area contributed by atoms with Gasteiger partial charge in [-0.3, -0.25) is 0 Å². The summed E-state index contributed by atoms with van der Waals surface area (Å²) in [5.74, 6) is -3.71. The van der Waals surface area contributed by atoms with Gasteiger partial charge >= 0.3 is 5.97 Å². The molecule has 0 bridgehead atoms. The Morgan fingerprint density at radius 2 is 1.89 bits per heavy atom. The van der Waals surface area contributed by atoms with E-state index in [0.29, 0.717) is 0 Å². The number of carbonyl (C=O) groups excluding carboxylic acids is 1. The Morgan fingerprint density at radius 1 is 1.33 bits per heavy atom. The fourth-order valence-electron chi connectivity index (χ4n) is 1.15. The Morgan fingerprint density at radius 3 is 2.39 bits per heavy atom. The number of rotatable bonds is 5. The van der Waals surface area contributed by atoms with Gasteiger partial charge in [-0.05, 0) is 19.1 Å². The van der Waals surface area contributed by atoms with Crippen LogP contribution in [-0.2, 0) is 23.8 Å². The molecule has 1 aromatic rings. The van der Waals surface area contributed by atoms with Crippen LogP contribution in [0.15, 0.2) is 35.2 Å². The van der Waals surface area contributed by atoms with Gasteiger partial charge in [-0.1, -0.05) is 18.2 Å². The zero-order valence-electron chi connectivity index (χ0n) is 9.99. The monoisotopic (exact) mass is 274 g/mol. The van der Waals surface area contributed by atoms with E-state index in [0.717, 1.165) is 6.92 Å². The van der Waals surface area contributed by atoms with Crippen molar-refractivity contribution in [1.82, 2.24) is 0 Å². The highest BCUT2D eigenvalue weighted by Crippen LogP contribution is 2.19. The molecule has 0 amide bonds. The Hall–Kier alpha value is -1.44. The van der Waals surface area contributed by atoms with Crippen molar-refractivity contribution < 1.29 is 27.2 Å². The molecular formula is C11H14O6S. The maximum atomic E-state index is 11.8. The van der Waals surface area contributed by atoms with Crippen LogP contribution in [0.4, 0.5) is 0 Å². The van der Waals surface area contributed by atoms with Crippen LogP contribution < -0.4 is 0 Å². The molecular weight excluding hydrogens is 260 g/mol. The van der Waals surface area contributed by atoms with Crippen LogP contribution in [0, 0.1) is 0 Å². The molecule has 0 aliphatic carbocycles. The van der Waals surface area contributed by atoms with Gasteiger partial charge in [0, 0.05) is 6.92 Å². The highest BCUT2D eigenvalue weighted by atomic mass is 32.2. The molecule has 0 spiro atoms. The van der Waals surface area contributed by atoms with Crippen molar-refractivity contribution in [3.63, 3.8) is 0 Å². The first kappa shape index (κ1) is 14.6. The number of hydrogen-bond donors (Lipinski definition) is 1. The van der Waals surface area contributed by atoms with E-state index < -0.39 is 21.9 Å². The van der Waals surface area contributed by atoms with E-state index in [1.807, 2.05) is 0 Å². The van der Waals surface area contributed by atoms with Gasteiger partial charge in [-0.2, -0.15) is 8.42 Å². The van der Waals surface area contributed by atoms with Crippen molar-refractivity contribution in [1.29, 1.82) is 0 Å². The molecule has 0 aliphatic rings. The third kappa shape index (κ3) is 3.52. The van der Waals surface area contributed by atoms with Crippen LogP contribution in [0.1, 0.15) is 13.8 Å². The van der Waals surface area contributed by atoms with Crippen LogP contribution in [0.5, 0.6) is 0 Å². The van der Waals surface area contributed by atoms with E-state index in [1.165, 1.54) is 31.2 Å². The van der Waals surface area contributed by atoms with Crippen LogP contribution in [0.25, 0.3) is 0 Å². The first-order chi connectivity index (χ1) is 8.29. The van der Waals surface area contributed by atoms with Gasteiger partial charge in [0.1, 0.15) is 0 Å². The summed E-state index contributed by atoms with van der Waals surface area (Å²) in [6.07, 6.45) is 0. The molecule has 6 nitrogen and oxygen atoms in total. The molecule has 1 atom stereocenters. The molecule has 1 unspecified atom stereocenters. The molecule has 0 aliphatic heterocycles. The Bertz CT molecular complexity index is 506. The number of carbonyl (C=O) groups is 1. The van der Waals surface area contributed by atoms with Gasteiger partial charge < -0.3 is 9.84 Å². The molecule has 1 N–H and O–H groups in total. The highest BCUT2D eigenvalue weighted by molar-refractivity contribution is 7.86. The lowest BCUT2D eigenvalue weighted by Crippen LogP contribution is -2.41. The third-order valence-corrected chi connectivity index (χ3v) is 3.35. The number of aliphatic hydroxyl groups is 1. The minimum atomic E-state index is -4.23. The number of ether oxygens (including phenoxy) is 1. The summed E-state index contributed by atoms with van der Waals surface area (Å²) < 4.78 is 32.5. The summed E-state index contributed by atoms with van der Waals surface area (Å²) in [4.78, 5) is 11.2. The van der Waals surface area contributed by atoms with Gasteiger partial charge in [0.05, 0.1) is 11.5 Å². The first-order valence-electron chi connectivity index (χ1n) is 5.20. The molecule has 0 fully saturated rings. The molecule has 0 saturated carbocycles. The zero-order chi connectivity index (χ0) is 13.8. The molecule has 1 aromatic carbocycles. The van der Waals surface area contributed by atoms with Gasteiger partial charge in [-0.25, -0.2) is 8.98 Å². The average Bonchev–Trinajstić information content (AvgIpc) is 2.29. The van der Waals surface area contributed by atoms with E-state index >= 15 is 0 Å². The van der Waals surface area contributed by atoms with Crippen LogP contribution in [-0.4, -0.2) is 31.9 Å². The first-order valence-corrected chi connectivity index (χ1v) is 6.60. The molecule has 100 valence electrons. The Balaban J connectivity index is 2.93. The SMILES string of the molecule is CCOC(=O)C(C)(O)OS(=O)(=O)c1ccccc1. The quantitative estimate of drug-likeness (QED) is 0.482. The highest BCUT2D eigenvalue weighted by Gasteiger charge is 2.39. The lowest BCUT2D eigenvalue weighted by atomic mass is 10.3. The van der Waals surface area contributed by atoms with Crippen LogP contribution in [0.3, 0.4) is 0 Å². The lowest BCUT2D eigenvalue weighted by Gasteiger charge is -2.20. The Kier molecular flexibility index (Phi) is 4.44. The van der Waals surface area contributed by atoms with E-state index in [1.54, 1.807) is 6.07 Å². The minimum absolute atomic E-state index is 0.00370. The smallest absolute Gasteiger partial charge is 0.367 e. The standard InChI is InChI=1S/C11H14O6S/c1-3-16-10(12)11(2,13)17-18(14,15)9-7-5-4-6-8-9/h4-8,13H,3H2,1-2H3. The number of esters is 1. The molecule has 0 aromatic heterocycles. The van der Waals surface area contributed by atoms with Crippen molar-refractivity contribution >= 4 is 16.1 Å². The van der Waals surface area contributed by atoms with Gasteiger partial charge in [-0.15, -0.1) is 0 Å². The van der Waals surface area contributed by atoms with Crippen LogP contribution in [0.2, 0.25) is 0 Å². The summed E-state index contributed by atoms with van der Waals surface area (Å²) in [6.45, 7) is 2.44. The second kappa shape index (κ2) is 5.47. The van der Waals surface area contributed by atoms with E-state index in [4.69, 9.17) is 0 Å². The van der Waals surface area contributed by atoms with Crippen molar-refractivity contribution in [2.24, 2.45) is 0 Å². The fourth-order valence-corrected chi connectivity index (χ4v) is 2.23. The van der Waals surface area contributed by atoms with Crippen molar-refractivity contribution in [3.05, 3.63) is 30.3 Å². The molecule has 18 heavy (non-hydrogen) atoms. The summed E-state index contributed by atoms with van der Waals surface area (Å²) in [5.41, 5.74) is 0. The number of benzene rings is 1. The molecule has 7 heteroatoms. The molecule has 0 saturated heterocycles. The van der Waals surface area contributed by atoms with E-state index in [-0.39, 0.29) is 11.5 Å². The third-order valence-electron chi connectivity index (χ3n) is 1.96. The van der Waals surface area contributed by atoms with Crippen LogP contribution >= 0.6 is 0 Å². The predicted molar refractivity (Wildman–Crippen MR) is 62.0 cm³/mol. The van der Waals surface area contributed by atoms with Crippen molar-refractivity contribution in [3.8, 4) is 0 Å². The average molecular weight is 274 g/mol.